The molecular formula is C21H65O9P35. The molecule has 4 rings (SSSR count). The molecule has 3 fully saturated rings. The fraction of sp³-hybridized carbons (Fsp3) is 0.857. The van der Waals surface area contributed by atoms with Crippen molar-refractivity contribution in [2.24, 2.45) is 16.7 Å². The molecule has 0 aromatic carbocycles. The van der Waals surface area contributed by atoms with Gasteiger partial charge in [-0.1, -0.05) is 43.2 Å². The van der Waals surface area contributed by atoms with Crippen LogP contribution in [0.15, 0.2) is 11.1 Å². The van der Waals surface area contributed by atoms with E-state index in [4.69, 9.17) is 23.0 Å². The Hall–Kier alpha value is 13.5. The van der Waals surface area contributed by atoms with Crippen LogP contribution in [-0.2, 0) is 27.6 Å². The van der Waals surface area contributed by atoms with Crippen molar-refractivity contribution >= 4 is 290 Å². The lowest BCUT2D eigenvalue weighted by Crippen LogP contribution is -2.74. The zero-order chi connectivity index (χ0) is 49.6. The highest BCUT2D eigenvalue weighted by Crippen LogP contribution is 3.19. The molecule has 33 atom stereocenters. The zero-order valence-electron chi connectivity index (χ0n) is 35.6. The third-order valence-electron chi connectivity index (χ3n) is 11.9. The Morgan fingerprint density at radius 3 is 1.74 bits per heavy atom. The van der Waals surface area contributed by atoms with Crippen molar-refractivity contribution in [3.05, 3.63) is 11.1 Å². The first-order chi connectivity index (χ1) is 29.9. The van der Waals surface area contributed by atoms with Gasteiger partial charge in [-0.15, -0.1) is 152 Å². The summed E-state index contributed by atoms with van der Waals surface area (Å²) in [6.45, 7) is 0.905. The molecule has 9 nitrogen and oxygen atoms in total. The first kappa shape index (κ1) is 71.0. The maximum Gasteiger partial charge on any atom is 0.509 e. The normalized spacial score (nSPS) is 34.4. The number of ether oxygens (including phenoxy) is 2. The van der Waals surface area contributed by atoms with Crippen LogP contribution in [0.1, 0.15) is 47.0 Å². The number of aliphatic hydroxyl groups is 2. The summed E-state index contributed by atoms with van der Waals surface area (Å²) in [5.41, 5.74) is -2.66. The first-order valence-electron chi connectivity index (χ1n) is 18.4. The standard InChI is InChI=1S/C21H65O9P35/c1-9-11(51(63(49-25)59(41)42)65(61(45)46)62(47)48)7-21-16(26-17(23)27-21)15-19(4,6-10(14(9)18(21,2)3)28-54(58(39)40)64(50-31)60(43)44)12(30-53(56(35)36)57(37)38)5-13(20(15,24)8-22)29-52(32)55(33)34/h10-13,15-16,22,24,50H,5-8,31-48H2,1-4H3/t10?,11?,12?,13?,15?,16?,19-,20+,21?,51-,52?,54?,63?,64?/m1/s1. The molecule has 0 aromatic rings. The Kier molecular flexibility index (Phi) is 34.1. The molecule has 65 heavy (non-hydrogen) atoms. The van der Waals surface area contributed by atoms with Gasteiger partial charge in [-0.2, -0.15) is 0 Å². The van der Waals surface area contributed by atoms with Gasteiger partial charge < -0.3 is 33.3 Å². The van der Waals surface area contributed by atoms with Crippen molar-refractivity contribution in [3.63, 3.8) is 0 Å². The van der Waals surface area contributed by atoms with Crippen LogP contribution in [0.5, 0.6) is 0 Å². The van der Waals surface area contributed by atoms with Gasteiger partial charge in [-0.05, 0) is 89.1 Å². The molecular weight excluding hydrogens is 1480 g/mol. The molecule has 1 heterocycles. The summed E-state index contributed by atoms with van der Waals surface area (Å²) in [5.74, 6) is -0.897. The fourth-order valence-corrected chi connectivity index (χ4v) is 219. The van der Waals surface area contributed by atoms with Gasteiger partial charge in [0, 0.05) is 42.2 Å². The van der Waals surface area contributed by atoms with Gasteiger partial charge in [0.2, 0.25) is 0 Å². The molecule has 1 spiro atoms. The Labute approximate surface area is 450 Å². The number of carbonyl (C=O) groups is 1. The maximum absolute atomic E-state index is 14.5. The smallest absolute Gasteiger partial charge is 0.426 e. The fourth-order valence-electron chi connectivity index (χ4n) is 9.39. The van der Waals surface area contributed by atoms with Gasteiger partial charge in [-0.25, -0.2) is 4.79 Å². The Morgan fingerprint density at radius 2 is 1.31 bits per heavy atom. The Balaban J connectivity index is 2.28. The van der Waals surface area contributed by atoms with Gasteiger partial charge in [0.15, 0.2) is 19.9 Å². The summed E-state index contributed by atoms with van der Waals surface area (Å²) in [6.07, 6.45) is -2.34. The van der Waals surface area contributed by atoms with E-state index in [1.165, 1.54) is 5.57 Å². The summed E-state index contributed by atoms with van der Waals surface area (Å²) in [6, 6.07) is 0. The molecule has 0 amide bonds. The third kappa shape index (κ3) is 16.3. The molecule has 2 bridgehead atoms. The summed E-state index contributed by atoms with van der Waals surface area (Å²) in [7, 11) is 51.5. The van der Waals surface area contributed by atoms with Crippen LogP contribution < -0.4 is 0 Å². The number of hydrogen-bond donors (Lipinski definition) is 2. The van der Waals surface area contributed by atoms with Crippen molar-refractivity contribution in [3.8, 4) is 0 Å². The number of hydrogen-bond acceptors (Lipinski definition) is 9. The van der Waals surface area contributed by atoms with Gasteiger partial charge >= 0.3 is 6.16 Å². The average molecular weight is 1550 g/mol. The van der Waals surface area contributed by atoms with Crippen LogP contribution in [0, 0.1) is 16.7 Å². The van der Waals surface area contributed by atoms with E-state index in [0.717, 1.165) is 5.57 Å². The van der Waals surface area contributed by atoms with E-state index < -0.39 is 172 Å². The second kappa shape index (κ2) is 31.3. The highest BCUT2D eigenvalue weighted by molar-refractivity contribution is 9.20. The third-order valence-corrected chi connectivity index (χ3v) is 168. The predicted octanol–water partition coefficient (Wildman–Crippen LogP) is 21.7. The lowest BCUT2D eigenvalue weighted by atomic mass is 9.46. The first-order valence-corrected chi connectivity index (χ1v) is 78.8. The quantitative estimate of drug-likeness (QED) is 0.0657. The Morgan fingerprint density at radius 1 is 0.754 bits per heavy atom. The van der Waals surface area contributed by atoms with Crippen molar-refractivity contribution in [1.82, 2.24) is 0 Å². The molecule has 0 aromatic heterocycles. The number of carbonyl (C=O) groups excluding carboxylic acids is 1. The minimum Gasteiger partial charge on any atom is -0.426 e. The van der Waals surface area contributed by atoms with Crippen molar-refractivity contribution in [1.29, 1.82) is 0 Å². The van der Waals surface area contributed by atoms with Crippen LogP contribution in [0.25, 0.3) is 0 Å². The van der Waals surface area contributed by atoms with E-state index in [-0.39, 0.29) is 13.8 Å². The number of fused-ring (bicyclic) bond motifs is 3. The van der Waals surface area contributed by atoms with Gasteiger partial charge in [0.05, 0.1) is 54.5 Å². The molecule has 1 saturated heterocycles. The minimum atomic E-state index is -1.87. The van der Waals surface area contributed by atoms with Crippen molar-refractivity contribution in [2.75, 3.05) is 6.61 Å². The van der Waals surface area contributed by atoms with Crippen LogP contribution in [0.4, 0.5) is 4.79 Å². The molecule has 0 radical (unpaired) electrons. The van der Waals surface area contributed by atoms with Gasteiger partial charge in [0.25, 0.3) is 0 Å². The average Bonchev–Trinajstić information content (AvgIpc) is 3.50. The van der Waals surface area contributed by atoms with Crippen molar-refractivity contribution < 1.29 is 42.6 Å². The lowest BCUT2D eigenvalue weighted by molar-refractivity contribution is -0.261. The molecule has 1 aliphatic heterocycles. The largest absolute Gasteiger partial charge is 0.509 e. The van der Waals surface area contributed by atoms with E-state index in [1.807, 2.05) is 0 Å². The van der Waals surface area contributed by atoms with Crippen molar-refractivity contribution in [2.45, 2.75) is 88.2 Å². The van der Waals surface area contributed by atoms with Crippen LogP contribution in [0.3, 0.4) is 0 Å². The summed E-state index contributed by atoms with van der Waals surface area (Å²) >= 11 is 0. The lowest BCUT2D eigenvalue weighted by Gasteiger charge is -2.65. The van der Waals surface area contributed by atoms with Gasteiger partial charge in [-0.3, -0.25) is 4.57 Å². The number of allylic oxidation sites excluding steroid dienone is 1. The Bertz CT molecular complexity index is 1650. The SMILES string of the molecule is CC1=C2C(OP(P(P)P)P(PP)P(P)P)C[C@]3(C)C(OP(P(P)P)P(P)P)CC(OP(P)P(P)P)[C@@](O)(CO)C3C3OC(=O)OC3(CC1[P@](P(P=O)P(P)P)P(P(P)P)P(P)P)C2(C)C. The predicted molar refractivity (Wildman–Crippen MR) is 391 cm³/mol. The molecule has 44 heteroatoms. The molecule has 378 valence electrons. The topological polar surface area (TPSA) is 121 Å². The van der Waals surface area contributed by atoms with E-state index in [2.05, 4.69) is 188 Å². The van der Waals surface area contributed by atoms with E-state index in [0.29, 0.717) is 27.2 Å². The molecule has 2 N–H and O–H groups in total. The van der Waals surface area contributed by atoms with E-state index in [9.17, 15) is 19.6 Å². The second-order valence-corrected chi connectivity index (χ2v) is 138. The van der Waals surface area contributed by atoms with Gasteiger partial charge in [0.1, 0.15) is 5.60 Å². The van der Waals surface area contributed by atoms with E-state index in [1.54, 1.807) is 0 Å². The monoisotopic (exact) mass is 1550 g/mol. The van der Waals surface area contributed by atoms with Crippen LogP contribution in [0.2, 0.25) is 0 Å². The summed E-state index contributed by atoms with van der Waals surface area (Å²) < 4.78 is 50.0. The summed E-state index contributed by atoms with van der Waals surface area (Å²) in [4.78, 5) is 14.5. The zero-order valence-corrected chi connectivity index (χ0v) is 71.7. The summed E-state index contributed by atoms with van der Waals surface area (Å²) in [5, 5.41) is 25.7. The van der Waals surface area contributed by atoms with Crippen LogP contribution in [-0.4, -0.2) is 64.3 Å². The van der Waals surface area contributed by atoms with E-state index >= 15 is 0 Å². The maximum atomic E-state index is 14.5. The second-order valence-electron chi connectivity index (χ2n) is 15.8. The molecule has 30 unspecified atom stereocenters. The minimum absolute atomic E-state index is 0.0844. The molecule has 3 aliphatic carbocycles. The molecule has 2 saturated carbocycles. The highest BCUT2D eigenvalue weighted by Gasteiger charge is 2.77. The number of aliphatic hydroxyl groups excluding tert-OH is 1. The highest BCUT2D eigenvalue weighted by atomic mass is 33.2. The molecule has 4 aliphatic rings. The van der Waals surface area contributed by atoms with Crippen LogP contribution >= 0.6 is 284 Å². The number of rotatable bonds is 21.